The van der Waals surface area contributed by atoms with Crippen molar-refractivity contribution >= 4 is 44.7 Å². The molecular weight excluding hydrogens is 521 g/mol. The van der Waals surface area contributed by atoms with Crippen LogP contribution in [0.3, 0.4) is 0 Å². The van der Waals surface area contributed by atoms with Gasteiger partial charge in [-0.05, 0) is 43.0 Å². The lowest BCUT2D eigenvalue weighted by Crippen LogP contribution is -2.58. The van der Waals surface area contributed by atoms with Crippen LogP contribution in [-0.2, 0) is 10.0 Å². The Balaban J connectivity index is 1.37. The fourth-order valence-electron chi connectivity index (χ4n) is 5.49. The molecule has 2 fully saturated rings. The van der Waals surface area contributed by atoms with Crippen molar-refractivity contribution in [3.05, 3.63) is 52.1 Å². The van der Waals surface area contributed by atoms with Crippen molar-refractivity contribution in [2.75, 3.05) is 55.2 Å². The zero-order valence-electron chi connectivity index (χ0n) is 20.8. The lowest BCUT2D eigenvalue weighted by Gasteiger charge is -2.48. The highest BCUT2D eigenvalue weighted by Gasteiger charge is 2.35. The number of likely N-dealkylation sites (tertiary alicyclic amines) is 1. The molecular formula is C25H35Cl2N5O3S. The Morgan fingerprint density at radius 3 is 2.42 bits per heavy atom. The van der Waals surface area contributed by atoms with Crippen LogP contribution in [0.5, 0.6) is 0 Å². The number of rotatable bonds is 8. The number of anilines is 2. The summed E-state index contributed by atoms with van der Waals surface area (Å²) in [5.41, 5.74) is 1.46. The second-order valence-electron chi connectivity index (χ2n) is 9.67. The Hall–Kier alpha value is -1.62. The summed E-state index contributed by atoms with van der Waals surface area (Å²) >= 11 is 12.5. The number of piperidine rings is 1. The summed E-state index contributed by atoms with van der Waals surface area (Å²) in [4.78, 5) is 11.7. The molecule has 11 heteroatoms. The van der Waals surface area contributed by atoms with Gasteiger partial charge in [-0.25, -0.2) is 13.4 Å². The van der Waals surface area contributed by atoms with E-state index < -0.39 is 10.0 Å². The number of nitrogens with one attached hydrogen (secondary N) is 1. The molecule has 36 heavy (non-hydrogen) atoms. The van der Waals surface area contributed by atoms with Gasteiger partial charge in [0, 0.05) is 49.8 Å². The van der Waals surface area contributed by atoms with Crippen LogP contribution in [0.25, 0.3) is 0 Å². The highest BCUT2D eigenvalue weighted by Crippen LogP contribution is 2.32. The third-order valence-electron chi connectivity index (χ3n) is 7.26. The van der Waals surface area contributed by atoms with Crippen LogP contribution < -0.4 is 9.62 Å². The van der Waals surface area contributed by atoms with Gasteiger partial charge in [0.25, 0.3) is 0 Å². The predicted octanol–water partition coefficient (Wildman–Crippen LogP) is 3.86. The maximum absolute atomic E-state index is 11.5. The molecule has 0 radical (unpaired) electrons. The van der Waals surface area contributed by atoms with E-state index in [1.165, 1.54) is 6.20 Å². The number of halogens is 2. The lowest BCUT2D eigenvalue weighted by molar-refractivity contribution is 0.0356. The van der Waals surface area contributed by atoms with Crippen molar-refractivity contribution < 1.29 is 13.5 Å². The minimum absolute atomic E-state index is 0.00425. The molecule has 198 valence electrons. The van der Waals surface area contributed by atoms with Crippen molar-refractivity contribution in [1.29, 1.82) is 0 Å². The Labute approximate surface area is 224 Å². The number of aliphatic hydroxyl groups is 1. The fraction of sp³-hybridized carbons (Fsp3) is 0.560. The number of aromatic nitrogens is 1. The van der Waals surface area contributed by atoms with Crippen LogP contribution in [0, 0.1) is 0 Å². The number of piperazine rings is 1. The average molecular weight is 557 g/mol. The summed E-state index contributed by atoms with van der Waals surface area (Å²) in [7, 11) is -3.38. The molecule has 2 N–H and O–H groups in total. The smallest absolute Gasteiger partial charge is 0.229 e. The standard InChI is InChI=1S/C25H35Cl2N5O3S/c1-3-21-16-31(25-23(27)14-20(15-28-25)29-36(2,34)35)12-13-32(21)22-8-10-30(11-9-22)24(17-33)18-4-6-19(26)7-5-18/h4-7,14-15,21-22,24,29,33H,3,8-13,16-17H2,1-2H3/t21-,24+/m0/s1. The number of nitrogens with zero attached hydrogens (tertiary/aromatic N) is 4. The van der Waals surface area contributed by atoms with Gasteiger partial charge in [0.05, 0.1) is 35.8 Å². The Bertz CT molecular complexity index is 1130. The van der Waals surface area contributed by atoms with E-state index in [2.05, 4.69) is 31.3 Å². The number of aliphatic hydroxyl groups excluding tert-OH is 1. The molecule has 8 nitrogen and oxygen atoms in total. The Morgan fingerprint density at radius 2 is 1.83 bits per heavy atom. The quantitative estimate of drug-likeness (QED) is 0.511. The summed E-state index contributed by atoms with van der Waals surface area (Å²) in [6, 6.07) is 10.3. The van der Waals surface area contributed by atoms with E-state index in [0.717, 1.165) is 63.8 Å². The molecule has 2 saturated heterocycles. The first-order valence-corrected chi connectivity index (χ1v) is 15.1. The van der Waals surface area contributed by atoms with Crippen molar-refractivity contribution in [2.45, 2.75) is 44.3 Å². The molecule has 0 spiro atoms. The molecule has 4 rings (SSSR count). The van der Waals surface area contributed by atoms with Crippen molar-refractivity contribution in [3.8, 4) is 0 Å². The molecule has 0 unspecified atom stereocenters. The number of hydrogen-bond acceptors (Lipinski definition) is 7. The van der Waals surface area contributed by atoms with Gasteiger partial charge in [0.15, 0.2) is 0 Å². The summed E-state index contributed by atoms with van der Waals surface area (Å²) in [6.45, 7) is 6.75. The van der Waals surface area contributed by atoms with Crippen molar-refractivity contribution in [3.63, 3.8) is 0 Å². The van der Waals surface area contributed by atoms with Crippen molar-refractivity contribution in [2.24, 2.45) is 0 Å². The zero-order valence-corrected chi connectivity index (χ0v) is 23.1. The minimum atomic E-state index is -3.38. The fourth-order valence-corrected chi connectivity index (χ4v) is 6.44. The monoisotopic (exact) mass is 555 g/mol. The van der Waals surface area contributed by atoms with Crippen LogP contribution in [-0.4, -0.2) is 86.0 Å². The highest BCUT2D eigenvalue weighted by atomic mass is 35.5. The maximum atomic E-state index is 11.5. The largest absolute Gasteiger partial charge is 0.394 e. The summed E-state index contributed by atoms with van der Waals surface area (Å²) in [5.74, 6) is 0.692. The molecule has 0 saturated carbocycles. The van der Waals surface area contributed by atoms with Gasteiger partial charge in [-0.1, -0.05) is 42.3 Å². The molecule has 2 aliphatic rings. The van der Waals surface area contributed by atoms with Crippen molar-refractivity contribution in [1.82, 2.24) is 14.8 Å². The normalized spacial score (nSPS) is 21.5. The molecule has 0 bridgehead atoms. The van der Waals surface area contributed by atoms with E-state index in [4.69, 9.17) is 23.2 Å². The number of pyridine rings is 1. The third kappa shape index (κ3) is 6.62. The summed E-state index contributed by atoms with van der Waals surface area (Å²) in [5, 5.41) is 11.2. The number of benzene rings is 1. The summed E-state index contributed by atoms with van der Waals surface area (Å²) < 4.78 is 25.4. The number of sulfonamides is 1. The molecule has 3 heterocycles. The first-order chi connectivity index (χ1) is 17.2. The Kier molecular flexibility index (Phi) is 9.01. The van der Waals surface area contributed by atoms with E-state index >= 15 is 0 Å². The Morgan fingerprint density at radius 1 is 1.14 bits per heavy atom. The minimum Gasteiger partial charge on any atom is -0.394 e. The van der Waals surface area contributed by atoms with Crippen LogP contribution in [0.1, 0.15) is 37.8 Å². The topological polar surface area (TPSA) is 89.0 Å². The molecule has 1 aromatic carbocycles. The molecule has 0 aliphatic carbocycles. The van der Waals surface area contributed by atoms with Gasteiger partial charge < -0.3 is 10.0 Å². The van der Waals surface area contributed by atoms with Crippen LogP contribution >= 0.6 is 23.2 Å². The second kappa shape index (κ2) is 11.8. The van der Waals surface area contributed by atoms with Gasteiger partial charge in [-0.2, -0.15) is 0 Å². The lowest BCUT2D eigenvalue weighted by atomic mass is 9.96. The van der Waals surface area contributed by atoms with Gasteiger partial charge in [-0.3, -0.25) is 14.5 Å². The van der Waals surface area contributed by atoms with Gasteiger partial charge in [0.2, 0.25) is 10.0 Å². The van der Waals surface area contributed by atoms with Crippen LogP contribution in [0.4, 0.5) is 11.5 Å². The molecule has 2 aliphatic heterocycles. The molecule has 2 atom stereocenters. The number of hydrogen-bond donors (Lipinski definition) is 2. The van der Waals surface area contributed by atoms with Gasteiger partial charge >= 0.3 is 0 Å². The molecule has 2 aromatic rings. The first kappa shape index (κ1) is 27.4. The van der Waals surface area contributed by atoms with E-state index in [1.54, 1.807) is 6.07 Å². The third-order valence-corrected chi connectivity index (χ3v) is 8.40. The summed E-state index contributed by atoms with van der Waals surface area (Å²) in [6.07, 6.45) is 5.76. The maximum Gasteiger partial charge on any atom is 0.229 e. The van der Waals surface area contributed by atoms with E-state index in [0.29, 0.717) is 33.6 Å². The first-order valence-electron chi connectivity index (χ1n) is 12.4. The van der Waals surface area contributed by atoms with Gasteiger partial charge in [0.1, 0.15) is 5.82 Å². The molecule has 1 aromatic heterocycles. The van der Waals surface area contributed by atoms with E-state index in [1.807, 2.05) is 24.3 Å². The highest BCUT2D eigenvalue weighted by molar-refractivity contribution is 7.92. The van der Waals surface area contributed by atoms with Crippen LogP contribution in [0.2, 0.25) is 10.0 Å². The van der Waals surface area contributed by atoms with Crippen LogP contribution in [0.15, 0.2) is 36.5 Å². The second-order valence-corrected chi connectivity index (χ2v) is 12.3. The van der Waals surface area contributed by atoms with E-state index in [9.17, 15) is 13.5 Å². The van der Waals surface area contributed by atoms with E-state index in [-0.39, 0.29) is 12.6 Å². The van der Waals surface area contributed by atoms with Gasteiger partial charge in [-0.15, -0.1) is 0 Å². The molecule has 0 amide bonds. The predicted molar refractivity (Wildman–Crippen MR) is 147 cm³/mol. The zero-order chi connectivity index (χ0) is 25.9. The average Bonchev–Trinajstić information content (AvgIpc) is 2.85. The SMILES string of the molecule is CC[C@H]1CN(c2ncc(NS(C)(=O)=O)cc2Cl)CCN1C1CCN([C@H](CO)c2ccc(Cl)cc2)CC1.